The van der Waals surface area contributed by atoms with Crippen LogP contribution in [0.3, 0.4) is 0 Å². The Labute approximate surface area is 151 Å². The first-order valence-corrected chi connectivity index (χ1v) is 9.41. The van der Waals surface area contributed by atoms with Gasteiger partial charge in [0, 0.05) is 18.8 Å². The van der Waals surface area contributed by atoms with E-state index in [1.54, 1.807) is 6.08 Å². The van der Waals surface area contributed by atoms with Crippen LogP contribution in [0.2, 0.25) is 0 Å². The molecule has 0 heterocycles. The van der Waals surface area contributed by atoms with Crippen LogP contribution in [0, 0.1) is 35.5 Å². The summed E-state index contributed by atoms with van der Waals surface area (Å²) in [6.45, 7) is 3.76. The number of hydrogen-bond acceptors (Lipinski definition) is 3. The molecule has 0 aromatic heterocycles. The summed E-state index contributed by atoms with van der Waals surface area (Å²) in [6.07, 6.45) is 12.8. The zero-order valence-corrected chi connectivity index (χ0v) is 15.7. The number of rotatable bonds is 7. The Bertz CT molecular complexity index is 602. The van der Waals surface area contributed by atoms with Gasteiger partial charge in [0.1, 0.15) is 0 Å². The quantitative estimate of drug-likeness (QED) is 0.297. The molecule has 0 radical (unpaired) electrons. The Balaban J connectivity index is 1.85. The number of carbonyl (C=O) groups excluding carboxylic acids is 2. The van der Waals surface area contributed by atoms with Crippen molar-refractivity contribution < 1.29 is 14.3 Å². The molecule has 0 saturated heterocycles. The van der Waals surface area contributed by atoms with Gasteiger partial charge in [-0.05, 0) is 62.9 Å². The Morgan fingerprint density at radius 1 is 1.32 bits per heavy atom. The highest BCUT2D eigenvalue weighted by atomic mass is 16.5. The topological polar surface area (TPSA) is 43.4 Å². The maximum atomic E-state index is 12.2. The molecule has 2 aliphatic rings. The molecule has 3 heteroatoms. The van der Waals surface area contributed by atoms with E-state index in [1.165, 1.54) is 25.5 Å². The molecule has 0 aromatic rings. The van der Waals surface area contributed by atoms with Crippen molar-refractivity contribution in [3.63, 3.8) is 0 Å². The number of allylic oxidation sites excluding steroid dienone is 4. The van der Waals surface area contributed by atoms with Crippen LogP contribution in [-0.2, 0) is 14.3 Å². The smallest absolute Gasteiger partial charge is 0.305 e. The number of fused-ring (bicyclic) bond motifs is 1. The van der Waals surface area contributed by atoms with Gasteiger partial charge >= 0.3 is 5.97 Å². The molecule has 136 valence electrons. The number of ketones is 1. The molecule has 2 saturated carbocycles. The average molecular weight is 342 g/mol. The Kier molecular flexibility index (Phi) is 7.50. The number of hydrogen-bond donors (Lipinski definition) is 0. The molecule has 4 atom stereocenters. The molecule has 2 fully saturated rings. The lowest BCUT2D eigenvalue weighted by Crippen LogP contribution is -2.10. The van der Waals surface area contributed by atoms with Gasteiger partial charge in [0.05, 0.1) is 7.11 Å². The lowest BCUT2D eigenvalue weighted by atomic mass is 9.90. The number of methoxy groups -OCH3 is 1. The predicted octanol–water partition coefficient (Wildman–Crippen LogP) is 4.48. The number of carbonyl (C=O) groups is 2. The zero-order valence-electron chi connectivity index (χ0n) is 15.7. The summed E-state index contributed by atoms with van der Waals surface area (Å²) in [5, 5.41) is 0. The monoisotopic (exact) mass is 342 g/mol. The summed E-state index contributed by atoms with van der Waals surface area (Å²) < 4.78 is 4.69. The number of esters is 1. The van der Waals surface area contributed by atoms with Gasteiger partial charge in [-0.3, -0.25) is 9.59 Å². The fourth-order valence-corrected chi connectivity index (χ4v) is 4.12. The van der Waals surface area contributed by atoms with Gasteiger partial charge in [-0.25, -0.2) is 0 Å². The van der Waals surface area contributed by atoms with Gasteiger partial charge in [-0.1, -0.05) is 24.6 Å². The lowest BCUT2D eigenvalue weighted by Gasteiger charge is -2.14. The van der Waals surface area contributed by atoms with E-state index in [0.717, 1.165) is 25.2 Å². The molecular formula is C22H30O3. The Morgan fingerprint density at radius 2 is 2.12 bits per heavy atom. The Morgan fingerprint density at radius 3 is 2.84 bits per heavy atom. The van der Waals surface area contributed by atoms with Gasteiger partial charge in [-0.2, -0.15) is 0 Å². The van der Waals surface area contributed by atoms with Crippen molar-refractivity contribution in [1.29, 1.82) is 0 Å². The lowest BCUT2D eigenvalue weighted by molar-refractivity contribution is -0.140. The summed E-state index contributed by atoms with van der Waals surface area (Å²) in [5.74, 6) is 7.80. The van der Waals surface area contributed by atoms with Crippen molar-refractivity contribution in [2.24, 2.45) is 23.7 Å². The third-order valence-electron chi connectivity index (χ3n) is 5.64. The molecule has 0 N–H and O–H groups in total. The van der Waals surface area contributed by atoms with Gasteiger partial charge in [0.25, 0.3) is 0 Å². The minimum absolute atomic E-state index is 0.0155. The van der Waals surface area contributed by atoms with Gasteiger partial charge in [0.2, 0.25) is 0 Å². The molecule has 0 aliphatic heterocycles. The SMILES string of the molecule is CC#CC[C@H](C)C(=O)/C=C/[C@H]1CC[C@@H]2C/C(=C/CCC(=O)OC)C[C@@H]21. The van der Waals surface area contributed by atoms with Crippen LogP contribution in [0.25, 0.3) is 0 Å². The van der Waals surface area contributed by atoms with E-state index in [2.05, 4.69) is 28.7 Å². The molecule has 3 nitrogen and oxygen atoms in total. The normalized spacial score (nSPS) is 27.8. The fourth-order valence-electron chi connectivity index (χ4n) is 4.12. The first kappa shape index (κ1) is 19.5. The standard InChI is InChI=1S/C22H30O3/c1-4-5-7-16(2)21(23)13-12-18-10-11-19-14-17(15-20(18)19)8-6-9-22(24)25-3/h8,12-13,16,18-20H,6-7,9-11,14-15H2,1-3H3/b13-12+,17-8-/t16-,18+,19+,20+/m0/s1. The third kappa shape index (κ3) is 5.59. The summed E-state index contributed by atoms with van der Waals surface area (Å²) in [5.41, 5.74) is 1.48. The maximum absolute atomic E-state index is 12.2. The summed E-state index contributed by atoms with van der Waals surface area (Å²) in [4.78, 5) is 23.4. The van der Waals surface area contributed by atoms with E-state index < -0.39 is 0 Å². The second kappa shape index (κ2) is 9.61. The first-order valence-electron chi connectivity index (χ1n) is 9.41. The molecule has 25 heavy (non-hydrogen) atoms. The van der Waals surface area contributed by atoms with Crippen molar-refractivity contribution in [3.05, 3.63) is 23.8 Å². The van der Waals surface area contributed by atoms with Crippen molar-refractivity contribution in [3.8, 4) is 11.8 Å². The van der Waals surface area contributed by atoms with E-state index in [4.69, 9.17) is 0 Å². The minimum Gasteiger partial charge on any atom is -0.469 e. The van der Waals surface area contributed by atoms with E-state index >= 15 is 0 Å². The van der Waals surface area contributed by atoms with Crippen molar-refractivity contribution in [1.82, 2.24) is 0 Å². The molecular weight excluding hydrogens is 312 g/mol. The van der Waals surface area contributed by atoms with Gasteiger partial charge < -0.3 is 4.74 Å². The van der Waals surface area contributed by atoms with E-state index in [0.29, 0.717) is 24.7 Å². The minimum atomic E-state index is -0.142. The van der Waals surface area contributed by atoms with Crippen LogP contribution in [0.4, 0.5) is 0 Å². The molecule has 0 unspecified atom stereocenters. The molecule has 0 spiro atoms. The fraction of sp³-hybridized carbons (Fsp3) is 0.636. The first-order chi connectivity index (χ1) is 12.0. The highest BCUT2D eigenvalue weighted by molar-refractivity contribution is 5.91. The summed E-state index contributed by atoms with van der Waals surface area (Å²) in [6, 6.07) is 0. The Hall–Kier alpha value is -1.82. The number of ether oxygens (including phenoxy) is 1. The summed E-state index contributed by atoms with van der Waals surface area (Å²) >= 11 is 0. The molecule has 0 aromatic carbocycles. The van der Waals surface area contributed by atoms with Crippen LogP contribution in [-0.4, -0.2) is 18.9 Å². The largest absolute Gasteiger partial charge is 0.469 e. The van der Waals surface area contributed by atoms with E-state index in [1.807, 2.05) is 13.8 Å². The van der Waals surface area contributed by atoms with Crippen LogP contribution < -0.4 is 0 Å². The van der Waals surface area contributed by atoms with Crippen molar-refractivity contribution >= 4 is 11.8 Å². The van der Waals surface area contributed by atoms with Crippen molar-refractivity contribution in [2.75, 3.05) is 7.11 Å². The zero-order chi connectivity index (χ0) is 18.2. The highest BCUT2D eigenvalue weighted by Crippen LogP contribution is 2.50. The van der Waals surface area contributed by atoms with Crippen molar-refractivity contribution in [2.45, 2.75) is 58.8 Å². The molecule has 2 aliphatic carbocycles. The second-order valence-corrected chi connectivity index (χ2v) is 7.34. The van der Waals surface area contributed by atoms with Crippen LogP contribution >= 0.6 is 0 Å². The van der Waals surface area contributed by atoms with E-state index in [-0.39, 0.29) is 17.7 Å². The highest BCUT2D eigenvalue weighted by Gasteiger charge is 2.39. The predicted molar refractivity (Wildman–Crippen MR) is 99.6 cm³/mol. The third-order valence-corrected chi connectivity index (χ3v) is 5.64. The average Bonchev–Trinajstić information content (AvgIpc) is 3.17. The molecule has 0 bridgehead atoms. The van der Waals surface area contributed by atoms with Gasteiger partial charge in [-0.15, -0.1) is 11.8 Å². The summed E-state index contributed by atoms with van der Waals surface area (Å²) in [7, 11) is 1.43. The van der Waals surface area contributed by atoms with Crippen LogP contribution in [0.5, 0.6) is 0 Å². The van der Waals surface area contributed by atoms with Crippen LogP contribution in [0.15, 0.2) is 23.8 Å². The van der Waals surface area contributed by atoms with Crippen LogP contribution in [0.1, 0.15) is 58.8 Å². The maximum Gasteiger partial charge on any atom is 0.305 e. The molecule has 0 amide bonds. The van der Waals surface area contributed by atoms with Gasteiger partial charge in [0.15, 0.2) is 5.78 Å². The second-order valence-electron chi connectivity index (χ2n) is 7.34. The van der Waals surface area contributed by atoms with E-state index in [9.17, 15) is 9.59 Å². The molecule has 2 rings (SSSR count).